The molecular weight excluding hydrogens is 110 g/mol. The molecule has 0 unspecified atom stereocenters. The van der Waals surface area contributed by atoms with Crippen LogP contribution in [0.2, 0.25) is 0 Å². The van der Waals surface area contributed by atoms with E-state index in [4.69, 9.17) is 10.7 Å². The van der Waals surface area contributed by atoms with Gasteiger partial charge in [-0.05, 0) is 0 Å². The van der Waals surface area contributed by atoms with Gasteiger partial charge >= 0.3 is 0 Å². The molecule has 0 heterocycles. The molecule has 4 heteroatoms. The Kier molecular flexibility index (Phi) is 3.83. The van der Waals surface area contributed by atoms with Crippen LogP contribution in [0.4, 0.5) is 0 Å². The maximum Gasteiger partial charge on any atom is 0.173 e. The van der Waals surface area contributed by atoms with Gasteiger partial charge in [-0.1, -0.05) is 6.58 Å². The highest BCUT2D eigenvalue weighted by atomic mass is 17.1. The topological polar surface area (TPSA) is 62.5 Å². The van der Waals surface area contributed by atoms with Gasteiger partial charge in [-0.15, -0.1) is 0 Å². The third-order valence-electron chi connectivity index (χ3n) is 0.451. The highest BCUT2D eigenvalue weighted by molar-refractivity contribution is 5.43. The molecule has 0 radical (unpaired) electrons. The van der Waals surface area contributed by atoms with Crippen molar-refractivity contribution in [3.8, 4) is 0 Å². The standard InChI is InChI=1S/C4H7NO3/c1-4(2-8-6)7-3-5/h3,5-6H,1-2H2. The third kappa shape index (κ3) is 3.32. The summed E-state index contributed by atoms with van der Waals surface area (Å²) in [5.74, 6) is 0.197. The number of rotatable bonds is 4. The maximum atomic E-state index is 7.75. The molecule has 0 amide bonds. The van der Waals surface area contributed by atoms with Crippen LogP contribution < -0.4 is 0 Å². The zero-order valence-corrected chi connectivity index (χ0v) is 4.26. The summed E-state index contributed by atoms with van der Waals surface area (Å²) in [6.07, 6.45) is 0.710. The second-order valence-corrected chi connectivity index (χ2v) is 1.05. The van der Waals surface area contributed by atoms with E-state index in [1.807, 2.05) is 0 Å². The van der Waals surface area contributed by atoms with Crippen LogP contribution in [-0.2, 0) is 9.62 Å². The van der Waals surface area contributed by atoms with Crippen molar-refractivity contribution < 1.29 is 14.9 Å². The predicted molar refractivity (Wildman–Crippen MR) is 27.6 cm³/mol. The van der Waals surface area contributed by atoms with Crippen LogP contribution in [0.3, 0.4) is 0 Å². The van der Waals surface area contributed by atoms with Crippen molar-refractivity contribution in [2.24, 2.45) is 0 Å². The third-order valence-corrected chi connectivity index (χ3v) is 0.451. The Hall–Kier alpha value is -0.870. The molecule has 0 aliphatic heterocycles. The quantitative estimate of drug-likeness (QED) is 0.186. The lowest BCUT2D eigenvalue weighted by Gasteiger charge is -1.97. The van der Waals surface area contributed by atoms with Gasteiger partial charge in [-0.2, -0.15) is 0 Å². The summed E-state index contributed by atoms with van der Waals surface area (Å²) in [4.78, 5) is 3.63. The second kappa shape index (κ2) is 4.29. The lowest BCUT2D eigenvalue weighted by Crippen LogP contribution is -1.95. The molecule has 0 saturated carbocycles. The Labute approximate surface area is 46.8 Å². The number of ether oxygens (including phenoxy) is 1. The average Bonchev–Trinajstić information content (AvgIpc) is 1.68. The summed E-state index contributed by atoms with van der Waals surface area (Å²) >= 11 is 0. The molecule has 0 aromatic heterocycles. The average molecular weight is 117 g/mol. The highest BCUT2D eigenvalue weighted by Crippen LogP contribution is 1.88. The van der Waals surface area contributed by atoms with E-state index < -0.39 is 0 Å². The molecular formula is C4H7NO3. The van der Waals surface area contributed by atoms with Gasteiger partial charge in [0.1, 0.15) is 12.4 Å². The molecule has 0 spiro atoms. The van der Waals surface area contributed by atoms with E-state index in [9.17, 15) is 0 Å². The Bertz CT molecular complexity index is 91.3. The van der Waals surface area contributed by atoms with Crippen LogP contribution in [0.15, 0.2) is 12.3 Å². The fraction of sp³-hybridized carbons (Fsp3) is 0.250. The Morgan fingerprint density at radius 3 is 2.88 bits per heavy atom. The van der Waals surface area contributed by atoms with Crippen molar-refractivity contribution in [3.63, 3.8) is 0 Å². The molecule has 0 aliphatic carbocycles. The van der Waals surface area contributed by atoms with Crippen molar-refractivity contribution in [1.82, 2.24) is 0 Å². The van der Waals surface area contributed by atoms with Gasteiger partial charge in [-0.25, -0.2) is 4.89 Å². The first-order valence-corrected chi connectivity index (χ1v) is 1.91. The van der Waals surface area contributed by atoms with Gasteiger partial charge in [0.15, 0.2) is 6.40 Å². The minimum Gasteiger partial charge on any atom is -0.449 e. The Morgan fingerprint density at radius 1 is 1.88 bits per heavy atom. The summed E-state index contributed by atoms with van der Waals surface area (Å²) in [5.41, 5.74) is 0. The first kappa shape index (κ1) is 7.13. The van der Waals surface area contributed by atoms with E-state index in [1.165, 1.54) is 0 Å². The molecule has 0 atom stereocenters. The number of nitrogens with one attached hydrogen (secondary N) is 1. The van der Waals surface area contributed by atoms with Crippen molar-refractivity contribution in [2.45, 2.75) is 0 Å². The van der Waals surface area contributed by atoms with Crippen molar-refractivity contribution in [1.29, 1.82) is 5.41 Å². The zero-order chi connectivity index (χ0) is 6.41. The van der Waals surface area contributed by atoms with Gasteiger partial charge in [0.2, 0.25) is 0 Å². The van der Waals surface area contributed by atoms with Gasteiger partial charge in [0.25, 0.3) is 0 Å². The van der Waals surface area contributed by atoms with Crippen LogP contribution in [0, 0.1) is 5.41 Å². The van der Waals surface area contributed by atoms with Gasteiger partial charge in [0.05, 0.1) is 0 Å². The normalized spacial score (nSPS) is 8.12. The maximum absolute atomic E-state index is 7.75. The van der Waals surface area contributed by atoms with Crippen LogP contribution in [0.1, 0.15) is 0 Å². The molecule has 46 valence electrons. The minimum absolute atomic E-state index is 0.102. The molecule has 0 bridgehead atoms. The first-order valence-electron chi connectivity index (χ1n) is 1.91. The SMILES string of the molecule is C=C(COO)OC=N. The Balaban J connectivity index is 3.18. The summed E-state index contributed by atoms with van der Waals surface area (Å²) in [6.45, 7) is 3.17. The molecule has 0 rings (SSSR count). The lowest BCUT2D eigenvalue weighted by molar-refractivity contribution is -0.238. The zero-order valence-electron chi connectivity index (χ0n) is 4.26. The van der Waals surface area contributed by atoms with Crippen LogP contribution in [-0.4, -0.2) is 18.3 Å². The lowest BCUT2D eigenvalue weighted by atomic mass is 10.6. The Morgan fingerprint density at radius 2 is 2.50 bits per heavy atom. The largest absolute Gasteiger partial charge is 0.449 e. The molecule has 0 fully saturated rings. The molecule has 0 aromatic carbocycles. The molecule has 0 saturated heterocycles. The van der Waals surface area contributed by atoms with Crippen LogP contribution in [0.25, 0.3) is 0 Å². The monoisotopic (exact) mass is 117 g/mol. The predicted octanol–water partition coefficient (Wildman–Crippen LogP) is 0.613. The van der Waals surface area contributed by atoms with Gasteiger partial charge < -0.3 is 4.74 Å². The fourth-order valence-corrected chi connectivity index (χ4v) is 0.189. The summed E-state index contributed by atoms with van der Waals surface area (Å²) in [7, 11) is 0. The molecule has 4 nitrogen and oxygen atoms in total. The van der Waals surface area contributed by atoms with Crippen molar-refractivity contribution in [3.05, 3.63) is 12.3 Å². The van der Waals surface area contributed by atoms with Crippen LogP contribution >= 0.6 is 0 Å². The first-order chi connectivity index (χ1) is 3.81. The molecule has 8 heavy (non-hydrogen) atoms. The molecule has 0 aromatic rings. The molecule has 0 aliphatic rings. The van der Waals surface area contributed by atoms with Crippen molar-refractivity contribution >= 4 is 6.40 Å². The highest BCUT2D eigenvalue weighted by Gasteiger charge is 1.88. The van der Waals surface area contributed by atoms with E-state index in [0.29, 0.717) is 6.40 Å². The number of hydrogen-bond donors (Lipinski definition) is 2. The van der Waals surface area contributed by atoms with Crippen molar-refractivity contribution in [2.75, 3.05) is 6.61 Å². The second-order valence-electron chi connectivity index (χ2n) is 1.05. The van der Waals surface area contributed by atoms with E-state index in [1.54, 1.807) is 0 Å². The summed E-state index contributed by atoms with van der Waals surface area (Å²) in [5, 5.41) is 14.1. The van der Waals surface area contributed by atoms with E-state index in [0.717, 1.165) is 0 Å². The minimum atomic E-state index is -0.102. The van der Waals surface area contributed by atoms with E-state index in [2.05, 4.69) is 16.2 Å². The fourth-order valence-electron chi connectivity index (χ4n) is 0.189. The summed E-state index contributed by atoms with van der Waals surface area (Å²) in [6, 6.07) is 0. The summed E-state index contributed by atoms with van der Waals surface area (Å²) < 4.78 is 4.34. The number of hydrogen-bond acceptors (Lipinski definition) is 4. The smallest absolute Gasteiger partial charge is 0.173 e. The van der Waals surface area contributed by atoms with Crippen LogP contribution in [0.5, 0.6) is 0 Å². The van der Waals surface area contributed by atoms with Gasteiger partial charge in [-0.3, -0.25) is 10.7 Å². The van der Waals surface area contributed by atoms with E-state index >= 15 is 0 Å². The molecule has 2 N–H and O–H groups in total. The van der Waals surface area contributed by atoms with Gasteiger partial charge in [0, 0.05) is 0 Å². The van der Waals surface area contributed by atoms with E-state index in [-0.39, 0.29) is 12.4 Å².